The molecule has 0 bridgehead atoms. The smallest absolute Gasteiger partial charge is 0.207 e. The molecule has 0 fully saturated rings. The van der Waals surface area contributed by atoms with Crippen LogP contribution in [0.4, 0.5) is 0 Å². The molecule has 1 heterocycles. The van der Waals surface area contributed by atoms with E-state index in [1.54, 1.807) is 0 Å². The molecule has 1 aliphatic heterocycles. The van der Waals surface area contributed by atoms with Gasteiger partial charge in [0, 0.05) is 11.6 Å². The van der Waals surface area contributed by atoms with E-state index < -0.39 is 0 Å². The molecule has 0 saturated heterocycles. The van der Waals surface area contributed by atoms with Crippen molar-refractivity contribution in [3.05, 3.63) is 162 Å². The summed E-state index contributed by atoms with van der Waals surface area (Å²) in [6.07, 6.45) is 14.9. The van der Waals surface area contributed by atoms with Gasteiger partial charge in [-0.05, 0) is 46.6 Å². The number of hydrogen-bond acceptors (Lipinski definition) is 1. The van der Waals surface area contributed by atoms with Gasteiger partial charge >= 0.3 is 0 Å². The van der Waals surface area contributed by atoms with Crippen molar-refractivity contribution in [1.82, 2.24) is 0 Å². The van der Waals surface area contributed by atoms with E-state index in [2.05, 4.69) is 122 Å². The van der Waals surface area contributed by atoms with Gasteiger partial charge in [0.25, 0.3) is 0 Å². The molecule has 0 radical (unpaired) electrons. The molecule has 1 aliphatic carbocycles. The van der Waals surface area contributed by atoms with Crippen molar-refractivity contribution in [2.45, 2.75) is 0 Å². The van der Waals surface area contributed by atoms with Crippen LogP contribution in [-0.4, -0.2) is 24.4 Å². The summed E-state index contributed by atoms with van der Waals surface area (Å²) in [5, 5.41) is 0. The number of ether oxygens (including phenoxy) is 1. The monoisotopic (exact) mass is 454 g/mol. The molecule has 0 atom stereocenters. The molecule has 3 aromatic carbocycles. The Labute approximate surface area is 207 Å². The zero-order valence-electron chi connectivity index (χ0n) is 20.1. The largest absolute Gasteiger partial charge is 0.457 e. The van der Waals surface area contributed by atoms with Crippen LogP contribution in [-0.2, 0) is 4.74 Å². The van der Waals surface area contributed by atoms with Crippen molar-refractivity contribution in [2.75, 3.05) is 14.1 Å². The number of nitrogens with zero attached hydrogens (tertiary/aromatic N) is 1. The first-order valence-electron chi connectivity index (χ1n) is 11.8. The molecule has 0 unspecified atom stereocenters. The lowest BCUT2D eigenvalue weighted by Crippen LogP contribution is -2.15. The highest BCUT2D eigenvalue weighted by Gasteiger charge is 2.20. The second-order valence-corrected chi connectivity index (χ2v) is 8.68. The van der Waals surface area contributed by atoms with Gasteiger partial charge in [-0.15, -0.1) is 0 Å². The van der Waals surface area contributed by atoms with Gasteiger partial charge in [-0.2, -0.15) is 0 Å². The molecule has 5 rings (SSSR count). The molecule has 2 heteroatoms. The summed E-state index contributed by atoms with van der Waals surface area (Å²) in [6.45, 7) is 0. The van der Waals surface area contributed by atoms with Crippen molar-refractivity contribution >= 4 is 22.6 Å². The Bertz CT molecular complexity index is 1430. The Hall–Kier alpha value is -4.43. The molecule has 2 aliphatic rings. The summed E-state index contributed by atoms with van der Waals surface area (Å²) in [5.74, 6) is 1.64. The first kappa shape index (κ1) is 22.4. The maximum atomic E-state index is 6.51. The molecular formula is C33H28NO+. The first-order valence-corrected chi connectivity index (χ1v) is 11.8. The van der Waals surface area contributed by atoms with E-state index in [1.165, 1.54) is 0 Å². The third-order valence-corrected chi connectivity index (χ3v) is 6.03. The predicted octanol–water partition coefficient (Wildman–Crippen LogP) is 7.32. The Kier molecular flexibility index (Phi) is 6.54. The van der Waals surface area contributed by atoms with Gasteiger partial charge in [0.15, 0.2) is 0 Å². The van der Waals surface area contributed by atoms with Crippen molar-refractivity contribution in [3.8, 4) is 0 Å². The van der Waals surface area contributed by atoms with Crippen LogP contribution in [0.5, 0.6) is 0 Å². The van der Waals surface area contributed by atoms with E-state index in [0.717, 1.165) is 50.6 Å². The van der Waals surface area contributed by atoms with Crippen molar-refractivity contribution in [2.24, 2.45) is 0 Å². The van der Waals surface area contributed by atoms with Crippen molar-refractivity contribution < 1.29 is 9.31 Å². The molecule has 0 amide bonds. The van der Waals surface area contributed by atoms with Crippen molar-refractivity contribution in [1.29, 1.82) is 0 Å². The summed E-state index contributed by atoms with van der Waals surface area (Å²) in [5.41, 5.74) is 7.90. The van der Waals surface area contributed by atoms with Crippen LogP contribution in [0.3, 0.4) is 0 Å². The van der Waals surface area contributed by atoms with Gasteiger partial charge in [-0.25, -0.2) is 4.58 Å². The maximum Gasteiger partial charge on any atom is 0.207 e. The minimum atomic E-state index is 0.803. The Morgan fingerprint density at radius 3 is 1.94 bits per heavy atom. The van der Waals surface area contributed by atoms with E-state index in [-0.39, 0.29) is 0 Å². The summed E-state index contributed by atoms with van der Waals surface area (Å²) in [7, 11) is 4.16. The molecule has 2 nitrogen and oxygen atoms in total. The summed E-state index contributed by atoms with van der Waals surface area (Å²) in [6, 6.07) is 31.2. The molecular weight excluding hydrogens is 426 g/mol. The Morgan fingerprint density at radius 1 is 0.686 bits per heavy atom. The van der Waals surface area contributed by atoms with Gasteiger partial charge in [-0.3, -0.25) is 0 Å². The normalized spacial score (nSPS) is 17.5. The van der Waals surface area contributed by atoms with E-state index in [4.69, 9.17) is 4.74 Å². The zero-order valence-corrected chi connectivity index (χ0v) is 20.1. The van der Waals surface area contributed by atoms with Crippen molar-refractivity contribution in [3.63, 3.8) is 0 Å². The average Bonchev–Trinajstić information content (AvgIpc) is 2.93. The second-order valence-electron chi connectivity index (χ2n) is 8.68. The summed E-state index contributed by atoms with van der Waals surface area (Å²) < 4.78 is 8.66. The number of benzene rings is 3. The Balaban J connectivity index is 1.70. The third-order valence-electron chi connectivity index (χ3n) is 6.03. The minimum absolute atomic E-state index is 0.803. The van der Waals surface area contributed by atoms with Crippen LogP contribution >= 0.6 is 0 Å². The lowest BCUT2D eigenvalue weighted by Gasteiger charge is -2.20. The maximum absolute atomic E-state index is 6.51. The number of rotatable bonds is 4. The standard InChI is InChI=1S/C33H28NO/c1-34(2)32-21-13-12-20-30(32)31(26-16-8-4-9-17-26)24-29-22-28(25-14-6-3-7-15-25)23-33(35-29)27-18-10-5-11-19-27/h3-24H,1-2H3/q+1. The number of hydrogen-bond donors (Lipinski definition) is 0. The van der Waals surface area contributed by atoms with Gasteiger partial charge in [0.2, 0.25) is 5.71 Å². The highest BCUT2D eigenvalue weighted by Crippen LogP contribution is 2.34. The quantitative estimate of drug-likeness (QED) is 0.376. The molecule has 0 spiro atoms. The lowest BCUT2D eigenvalue weighted by atomic mass is 9.92. The number of allylic oxidation sites excluding steroid dienone is 10. The molecule has 170 valence electrons. The minimum Gasteiger partial charge on any atom is -0.457 e. The summed E-state index contributed by atoms with van der Waals surface area (Å²) in [4.78, 5) is 0. The van der Waals surface area contributed by atoms with Crippen LogP contribution in [0.2, 0.25) is 0 Å². The zero-order chi connectivity index (χ0) is 24.0. The van der Waals surface area contributed by atoms with E-state index >= 15 is 0 Å². The fourth-order valence-electron chi connectivity index (χ4n) is 4.30. The second kappa shape index (κ2) is 10.2. The SMILES string of the molecule is C[N+](C)=C1C=CC=CC1=C(C=C1C=C(c2ccccc2)C=C(c2ccccc2)O1)c1ccccc1. The fraction of sp³-hybridized carbons (Fsp3) is 0.0606. The molecule has 0 saturated carbocycles. The fourth-order valence-corrected chi connectivity index (χ4v) is 4.30. The molecule has 0 N–H and O–H groups in total. The van der Waals surface area contributed by atoms with Crippen LogP contribution in [0.25, 0.3) is 16.9 Å². The Morgan fingerprint density at radius 2 is 1.29 bits per heavy atom. The lowest BCUT2D eigenvalue weighted by molar-refractivity contribution is -0.463. The van der Waals surface area contributed by atoms with Crippen LogP contribution in [0.1, 0.15) is 16.7 Å². The van der Waals surface area contributed by atoms with Gasteiger partial charge < -0.3 is 4.74 Å². The molecule has 0 aromatic heterocycles. The van der Waals surface area contributed by atoms with E-state index in [1.807, 2.05) is 30.3 Å². The topological polar surface area (TPSA) is 12.2 Å². The molecule has 35 heavy (non-hydrogen) atoms. The van der Waals surface area contributed by atoms with E-state index in [9.17, 15) is 0 Å². The highest BCUT2D eigenvalue weighted by molar-refractivity contribution is 6.14. The predicted molar refractivity (Wildman–Crippen MR) is 147 cm³/mol. The van der Waals surface area contributed by atoms with Crippen LogP contribution in [0.15, 0.2) is 145 Å². The average molecular weight is 455 g/mol. The summed E-state index contributed by atoms with van der Waals surface area (Å²) >= 11 is 0. The van der Waals surface area contributed by atoms with Crippen LogP contribution in [0, 0.1) is 0 Å². The van der Waals surface area contributed by atoms with Gasteiger partial charge in [0.05, 0.1) is 5.57 Å². The third kappa shape index (κ3) is 5.07. The first-order chi connectivity index (χ1) is 17.2. The van der Waals surface area contributed by atoms with Gasteiger partial charge in [-0.1, -0.05) is 103 Å². The van der Waals surface area contributed by atoms with Gasteiger partial charge in [0.1, 0.15) is 25.6 Å². The molecule has 3 aromatic rings. The highest BCUT2D eigenvalue weighted by atomic mass is 16.5. The van der Waals surface area contributed by atoms with Crippen LogP contribution < -0.4 is 0 Å². The van der Waals surface area contributed by atoms with E-state index in [0.29, 0.717) is 0 Å².